The molecule has 1 aliphatic rings. The zero-order valence-corrected chi connectivity index (χ0v) is 11.4. The molecule has 0 bridgehead atoms. The van der Waals surface area contributed by atoms with E-state index < -0.39 is 0 Å². The number of amides is 2. The normalized spacial score (nSPS) is 18.9. The highest BCUT2D eigenvalue weighted by molar-refractivity contribution is 6.00. The van der Waals surface area contributed by atoms with Crippen molar-refractivity contribution >= 4 is 17.5 Å². The predicted octanol–water partition coefficient (Wildman–Crippen LogP) is 0.689. The van der Waals surface area contributed by atoms with Gasteiger partial charge in [0.05, 0.1) is 17.8 Å². The van der Waals surface area contributed by atoms with E-state index in [0.717, 1.165) is 18.5 Å². The first-order valence-electron chi connectivity index (χ1n) is 6.68. The maximum absolute atomic E-state index is 11.9. The molecule has 2 rings (SSSR count). The van der Waals surface area contributed by atoms with E-state index in [2.05, 4.69) is 17.3 Å². The summed E-state index contributed by atoms with van der Waals surface area (Å²) in [6.45, 7) is 3.21. The van der Waals surface area contributed by atoms with Crippen molar-refractivity contribution in [3.8, 4) is 0 Å². The Morgan fingerprint density at radius 1 is 1.58 bits per heavy atom. The van der Waals surface area contributed by atoms with E-state index in [1.165, 1.54) is 0 Å². The van der Waals surface area contributed by atoms with Crippen molar-refractivity contribution < 1.29 is 9.59 Å². The molecule has 1 saturated heterocycles. The maximum Gasteiger partial charge on any atom is 0.227 e. The fourth-order valence-electron chi connectivity index (χ4n) is 2.21. The van der Waals surface area contributed by atoms with E-state index >= 15 is 0 Å². The number of nitrogens with one attached hydrogen (secondary N) is 1. The molecule has 0 unspecified atom stereocenters. The van der Waals surface area contributed by atoms with Gasteiger partial charge in [0.1, 0.15) is 0 Å². The summed E-state index contributed by atoms with van der Waals surface area (Å²) in [6, 6.07) is 0. The minimum absolute atomic E-state index is 0.0105. The van der Waals surface area contributed by atoms with Crippen LogP contribution >= 0.6 is 0 Å². The summed E-state index contributed by atoms with van der Waals surface area (Å²) in [5.41, 5.74) is 0.761. The number of hydrogen-bond acceptors (Lipinski definition) is 3. The van der Waals surface area contributed by atoms with E-state index in [1.807, 2.05) is 0 Å². The molecule has 0 spiro atoms. The highest BCUT2D eigenvalue weighted by atomic mass is 16.2. The van der Waals surface area contributed by atoms with Crippen molar-refractivity contribution in [3.05, 3.63) is 12.4 Å². The molecular weight excluding hydrogens is 244 g/mol. The van der Waals surface area contributed by atoms with E-state index in [0.29, 0.717) is 13.1 Å². The van der Waals surface area contributed by atoms with Crippen molar-refractivity contribution in [2.75, 3.05) is 18.0 Å². The number of carbonyl (C=O) groups is 2. The Labute approximate surface area is 112 Å². The smallest absolute Gasteiger partial charge is 0.227 e. The number of anilines is 1. The lowest BCUT2D eigenvalue weighted by atomic mass is 10.1. The summed E-state index contributed by atoms with van der Waals surface area (Å²) >= 11 is 0. The fraction of sp³-hybridized carbons (Fsp3) is 0.615. The number of aryl methyl sites for hydroxylation is 1. The van der Waals surface area contributed by atoms with Crippen LogP contribution in [0.4, 0.5) is 5.69 Å². The van der Waals surface area contributed by atoms with Gasteiger partial charge in [-0.15, -0.1) is 0 Å². The molecule has 19 heavy (non-hydrogen) atoms. The molecule has 1 aromatic rings. The molecule has 2 heterocycles. The van der Waals surface area contributed by atoms with Gasteiger partial charge in [-0.3, -0.25) is 14.3 Å². The van der Waals surface area contributed by atoms with Crippen LogP contribution in [0.15, 0.2) is 12.4 Å². The topological polar surface area (TPSA) is 67.2 Å². The Hall–Kier alpha value is -1.85. The van der Waals surface area contributed by atoms with Crippen LogP contribution < -0.4 is 10.2 Å². The SMILES string of the molecule is CCCCNC(=O)[C@@H]1CC(=O)N(c2cnn(C)c2)C1. The molecular formula is C13H20N4O2. The monoisotopic (exact) mass is 264 g/mol. The second-order valence-corrected chi connectivity index (χ2v) is 4.92. The minimum atomic E-state index is -0.246. The second kappa shape index (κ2) is 5.86. The third-order valence-corrected chi connectivity index (χ3v) is 3.33. The van der Waals surface area contributed by atoms with Crippen molar-refractivity contribution in [1.82, 2.24) is 15.1 Å². The standard InChI is InChI=1S/C13H20N4O2/c1-3-4-5-14-13(19)10-6-12(18)17(8-10)11-7-15-16(2)9-11/h7,9-10H,3-6,8H2,1-2H3,(H,14,19)/t10-/m1/s1. The van der Waals surface area contributed by atoms with Gasteiger partial charge in [0, 0.05) is 32.8 Å². The second-order valence-electron chi connectivity index (χ2n) is 4.92. The Bertz CT molecular complexity index is 469. The summed E-state index contributed by atoms with van der Waals surface area (Å²) in [4.78, 5) is 25.5. The van der Waals surface area contributed by atoms with Gasteiger partial charge in [-0.1, -0.05) is 13.3 Å². The first-order chi connectivity index (χ1) is 9.11. The molecule has 2 amide bonds. The Balaban J connectivity index is 1.93. The molecule has 0 aliphatic carbocycles. The molecule has 6 heteroatoms. The van der Waals surface area contributed by atoms with Crippen molar-refractivity contribution in [1.29, 1.82) is 0 Å². The number of unbranched alkanes of at least 4 members (excludes halogenated alkanes) is 1. The van der Waals surface area contributed by atoms with Crippen LogP contribution in [0.5, 0.6) is 0 Å². The Morgan fingerprint density at radius 3 is 3.00 bits per heavy atom. The van der Waals surface area contributed by atoms with Crippen molar-refractivity contribution in [2.45, 2.75) is 26.2 Å². The van der Waals surface area contributed by atoms with Crippen LogP contribution in [0.1, 0.15) is 26.2 Å². The van der Waals surface area contributed by atoms with E-state index in [9.17, 15) is 9.59 Å². The van der Waals surface area contributed by atoms with E-state index in [4.69, 9.17) is 0 Å². The van der Waals surface area contributed by atoms with Gasteiger partial charge in [0.2, 0.25) is 11.8 Å². The third kappa shape index (κ3) is 3.13. The summed E-state index contributed by atoms with van der Waals surface area (Å²) in [7, 11) is 1.80. The van der Waals surface area contributed by atoms with E-state index in [1.54, 1.807) is 29.0 Å². The van der Waals surface area contributed by atoms with Crippen molar-refractivity contribution in [2.24, 2.45) is 13.0 Å². The molecule has 1 aromatic heterocycles. The highest BCUT2D eigenvalue weighted by Crippen LogP contribution is 2.24. The minimum Gasteiger partial charge on any atom is -0.356 e. The highest BCUT2D eigenvalue weighted by Gasteiger charge is 2.35. The van der Waals surface area contributed by atoms with Crippen LogP contribution in [0.25, 0.3) is 0 Å². The quantitative estimate of drug-likeness (QED) is 0.796. The largest absolute Gasteiger partial charge is 0.356 e. The number of hydrogen-bond donors (Lipinski definition) is 1. The van der Waals surface area contributed by atoms with Crippen LogP contribution in [0.3, 0.4) is 0 Å². The molecule has 1 atom stereocenters. The van der Waals surface area contributed by atoms with Gasteiger partial charge < -0.3 is 10.2 Å². The number of rotatable bonds is 5. The van der Waals surface area contributed by atoms with Crippen LogP contribution in [-0.4, -0.2) is 34.7 Å². The fourth-order valence-corrected chi connectivity index (χ4v) is 2.21. The van der Waals surface area contributed by atoms with Gasteiger partial charge in [0.15, 0.2) is 0 Å². The Morgan fingerprint density at radius 2 is 2.37 bits per heavy atom. The van der Waals surface area contributed by atoms with Gasteiger partial charge in [-0.2, -0.15) is 5.10 Å². The maximum atomic E-state index is 11.9. The molecule has 1 aliphatic heterocycles. The van der Waals surface area contributed by atoms with Gasteiger partial charge in [0.25, 0.3) is 0 Å². The van der Waals surface area contributed by atoms with E-state index in [-0.39, 0.29) is 24.2 Å². The first kappa shape index (κ1) is 13.6. The molecule has 1 fully saturated rings. The lowest BCUT2D eigenvalue weighted by Crippen LogP contribution is -2.33. The molecule has 0 saturated carbocycles. The summed E-state index contributed by atoms with van der Waals surface area (Å²) in [5.74, 6) is -0.276. The van der Waals surface area contributed by atoms with Crippen LogP contribution in [0, 0.1) is 5.92 Å². The van der Waals surface area contributed by atoms with Crippen LogP contribution in [-0.2, 0) is 16.6 Å². The zero-order chi connectivity index (χ0) is 13.8. The molecule has 1 N–H and O–H groups in total. The molecule has 6 nitrogen and oxygen atoms in total. The average Bonchev–Trinajstić information content (AvgIpc) is 2.95. The first-order valence-corrected chi connectivity index (χ1v) is 6.68. The van der Waals surface area contributed by atoms with Gasteiger partial charge in [-0.25, -0.2) is 0 Å². The average molecular weight is 264 g/mol. The molecule has 104 valence electrons. The predicted molar refractivity (Wildman–Crippen MR) is 71.6 cm³/mol. The summed E-state index contributed by atoms with van der Waals surface area (Å²) < 4.78 is 1.65. The van der Waals surface area contributed by atoms with Gasteiger partial charge in [-0.05, 0) is 6.42 Å². The van der Waals surface area contributed by atoms with Gasteiger partial charge >= 0.3 is 0 Å². The molecule has 0 aromatic carbocycles. The zero-order valence-electron chi connectivity index (χ0n) is 11.4. The Kier molecular flexibility index (Phi) is 4.19. The number of carbonyl (C=O) groups excluding carboxylic acids is 2. The lowest BCUT2D eigenvalue weighted by molar-refractivity contribution is -0.126. The number of nitrogens with zero attached hydrogens (tertiary/aromatic N) is 3. The van der Waals surface area contributed by atoms with Crippen molar-refractivity contribution in [3.63, 3.8) is 0 Å². The lowest BCUT2D eigenvalue weighted by Gasteiger charge is -2.14. The summed E-state index contributed by atoms with van der Waals surface area (Å²) in [5, 5.41) is 6.93. The van der Waals surface area contributed by atoms with Crippen LogP contribution in [0.2, 0.25) is 0 Å². The summed E-state index contributed by atoms with van der Waals surface area (Å²) in [6.07, 6.45) is 5.74. The third-order valence-electron chi connectivity index (χ3n) is 3.33. The number of aromatic nitrogens is 2. The molecule has 0 radical (unpaired) electrons.